The molecule has 0 saturated heterocycles. The number of hydrogen-bond donors (Lipinski definition) is 0. The van der Waals surface area contributed by atoms with Crippen LogP contribution in [0.15, 0.2) is 18.2 Å². The Bertz CT molecular complexity index is 396. The molecule has 0 unspecified atom stereocenters. The van der Waals surface area contributed by atoms with Gasteiger partial charge in [0.1, 0.15) is 5.38 Å². The number of rotatable bonds is 1. The quantitative estimate of drug-likeness (QED) is 0.426. The van der Waals surface area contributed by atoms with Gasteiger partial charge in [-0.1, -0.05) is 23.7 Å². The van der Waals surface area contributed by atoms with Crippen molar-refractivity contribution in [1.82, 2.24) is 0 Å². The smallest absolute Gasteiger partial charge is 0.311 e. The largest absolute Gasteiger partial charge is 0.465 e. The zero-order chi connectivity index (χ0) is 10.3. The number of fused-ring (bicyclic) bond motifs is 1. The van der Waals surface area contributed by atoms with Crippen molar-refractivity contribution < 1.29 is 9.66 Å². The second-order valence-electron chi connectivity index (χ2n) is 2.82. The van der Waals surface area contributed by atoms with Gasteiger partial charge in [-0.15, -0.1) is 11.6 Å². The number of benzene rings is 1. The Hall–Kier alpha value is -1.000. The van der Waals surface area contributed by atoms with Gasteiger partial charge < -0.3 is 4.74 Å². The molecule has 1 aromatic carbocycles. The maximum absolute atomic E-state index is 10.6. The average Bonchev–Trinajstić information content (AvgIpc) is 2.43. The third-order valence-corrected chi connectivity index (χ3v) is 2.91. The van der Waals surface area contributed by atoms with E-state index in [9.17, 15) is 10.1 Å². The topological polar surface area (TPSA) is 52.4 Å². The molecule has 4 nitrogen and oxygen atoms in total. The zero-order valence-corrected chi connectivity index (χ0v) is 8.33. The molecule has 0 spiro atoms. The van der Waals surface area contributed by atoms with Crippen LogP contribution in [0.5, 0.6) is 5.75 Å². The van der Waals surface area contributed by atoms with E-state index in [0.717, 1.165) is 0 Å². The monoisotopic (exact) mass is 233 g/mol. The number of alkyl halides is 2. The molecular weight excluding hydrogens is 229 g/mol. The fourth-order valence-electron chi connectivity index (χ4n) is 1.35. The molecule has 1 aromatic rings. The number of para-hydroxylation sites is 1. The van der Waals surface area contributed by atoms with Crippen molar-refractivity contribution in [3.05, 3.63) is 33.9 Å². The molecule has 74 valence electrons. The summed E-state index contributed by atoms with van der Waals surface area (Å²) in [5.74, 6) is 0.178. The summed E-state index contributed by atoms with van der Waals surface area (Å²) in [6.45, 7) is 0. The molecule has 14 heavy (non-hydrogen) atoms. The number of hydrogen-bond acceptors (Lipinski definition) is 3. The highest BCUT2D eigenvalue weighted by Gasteiger charge is 2.36. The maximum atomic E-state index is 10.6. The Morgan fingerprint density at radius 2 is 2.14 bits per heavy atom. The van der Waals surface area contributed by atoms with E-state index in [-0.39, 0.29) is 11.4 Å². The number of halogens is 2. The van der Waals surface area contributed by atoms with E-state index in [1.165, 1.54) is 6.07 Å². The van der Waals surface area contributed by atoms with Crippen LogP contribution in [-0.2, 0) is 0 Å². The lowest BCUT2D eigenvalue weighted by Gasteiger charge is -2.02. The highest BCUT2D eigenvalue weighted by atomic mass is 35.5. The highest BCUT2D eigenvalue weighted by molar-refractivity contribution is 6.30. The van der Waals surface area contributed by atoms with Crippen molar-refractivity contribution in [1.29, 1.82) is 0 Å². The van der Waals surface area contributed by atoms with Crippen LogP contribution in [-0.4, -0.2) is 10.5 Å². The van der Waals surface area contributed by atoms with Crippen LogP contribution in [0.25, 0.3) is 0 Å². The third kappa shape index (κ3) is 1.31. The predicted octanol–water partition coefficient (Wildman–Crippen LogP) is 2.83. The minimum absolute atomic E-state index is 0.101. The zero-order valence-electron chi connectivity index (χ0n) is 6.81. The van der Waals surface area contributed by atoms with Crippen LogP contribution < -0.4 is 4.74 Å². The van der Waals surface area contributed by atoms with Gasteiger partial charge in [-0.3, -0.25) is 10.1 Å². The lowest BCUT2D eigenvalue weighted by molar-refractivity contribution is -0.385. The van der Waals surface area contributed by atoms with Crippen LogP contribution in [0.4, 0.5) is 5.69 Å². The molecule has 0 N–H and O–H groups in total. The SMILES string of the molecule is O=[N+]([O-])c1cccc2c1O[C@@H](Cl)[C@@H]2Cl. The fourth-order valence-corrected chi connectivity index (χ4v) is 1.79. The average molecular weight is 234 g/mol. The molecule has 6 heteroatoms. The summed E-state index contributed by atoms with van der Waals surface area (Å²) in [6, 6.07) is 4.59. The number of nitrogens with zero attached hydrogens (tertiary/aromatic N) is 1. The van der Waals surface area contributed by atoms with E-state index >= 15 is 0 Å². The molecule has 1 aliphatic rings. The van der Waals surface area contributed by atoms with Gasteiger partial charge in [0, 0.05) is 11.6 Å². The lowest BCUT2D eigenvalue weighted by atomic mass is 10.1. The van der Waals surface area contributed by atoms with Gasteiger partial charge >= 0.3 is 5.69 Å². The summed E-state index contributed by atoms with van der Waals surface area (Å²) >= 11 is 11.6. The summed E-state index contributed by atoms with van der Waals surface area (Å²) in [7, 11) is 0. The van der Waals surface area contributed by atoms with Gasteiger partial charge in [-0.05, 0) is 0 Å². The maximum Gasteiger partial charge on any atom is 0.311 e. The van der Waals surface area contributed by atoms with Gasteiger partial charge in [-0.2, -0.15) is 0 Å². The fraction of sp³-hybridized carbons (Fsp3) is 0.250. The summed E-state index contributed by atoms with van der Waals surface area (Å²) < 4.78 is 5.10. The lowest BCUT2D eigenvalue weighted by Crippen LogP contribution is -2.05. The van der Waals surface area contributed by atoms with Gasteiger partial charge in [0.15, 0.2) is 5.56 Å². The van der Waals surface area contributed by atoms with E-state index in [2.05, 4.69) is 0 Å². The van der Waals surface area contributed by atoms with Crippen molar-refractivity contribution in [2.45, 2.75) is 10.9 Å². The van der Waals surface area contributed by atoms with Crippen LogP contribution in [0.2, 0.25) is 0 Å². The van der Waals surface area contributed by atoms with Gasteiger partial charge in [0.25, 0.3) is 0 Å². The Kier molecular flexibility index (Phi) is 2.25. The van der Waals surface area contributed by atoms with Crippen molar-refractivity contribution in [3.8, 4) is 5.75 Å². The first-order valence-electron chi connectivity index (χ1n) is 3.83. The van der Waals surface area contributed by atoms with Gasteiger partial charge in [0.05, 0.1) is 4.92 Å². The van der Waals surface area contributed by atoms with Crippen molar-refractivity contribution >= 4 is 28.9 Å². The van der Waals surface area contributed by atoms with E-state index in [1.807, 2.05) is 0 Å². The van der Waals surface area contributed by atoms with E-state index in [1.54, 1.807) is 12.1 Å². The summed E-state index contributed by atoms with van der Waals surface area (Å²) in [5.41, 5.74) is -0.273. The van der Waals surface area contributed by atoms with Crippen molar-refractivity contribution in [3.63, 3.8) is 0 Å². The Labute approximate surface area is 89.5 Å². The first-order chi connectivity index (χ1) is 6.61. The number of nitro benzene ring substituents is 1. The first-order valence-corrected chi connectivity index (χ1v) is 4.70. The second kappa shape index (κ2) is 3.29. The summed E-state index contributed by atoms with van der Waals surface area (Å²) in [5, 5.41) is 10.1. The molecule has 0 fully saturated rings. The second-order valence-corrected chi connectivity index (χ2v) is 3.72. The molecule has 0 saturated carbocycles. The molecular formula is C8H5Cl2NO3. The van der Waals surface area contributed by atoms with E-state index < -0.39 is 15.9 Å². The Morgan fingerprint density at radius 3 is 2.79 bits per heavy atom. The molecule has 0 radical (unpaired) electrons. The Balaban J connectivity index is 2.56. The molecule has 1 heterocycles. The third-order valence-electron chi connectivity index (χ3n) is 1.98. The van der Waals surface area contributed by atoms with E-state index in [0.29, 0.717) is 5.56 Å². The number of ether oxygens (including phenoxy) is 1. The van der Waals surface area contributed by atoms with Crippen LogP contribution in [0.1, 0.15) is 10.9 Å². The number of nitro groups is 1. The minimum atomic E-state index is -0.743. The molecule has 0 bridgehead atoms. The van der Waals surface area contributed by atoms with Crippen LogP contribution in [0, 0.1) is 10.1 Å². The minimum Gasteiger partial charge on any atom is -0.465 e. The van der Waals surface area contributed by atoms with Crippen molar-refractivity contribution in [2.75, 3.05) is 0 Å². The Morgan fingerprint density at radius 1 is 1.43 bits per heavy atom. The van der Waals surface area contributed by atoms with Gasteiger partial charge in [-0.25, -0.2) is 0 Å². The summed E-state index contributed by atoms with van der Waals surface area (Å²) in [6.07, 6.45) is 0. The molecule has 2 atom stereocenters. The van der Waals surface area contributed by atoms with Gasteiger partial charge in [0.2, 0.25) is 5.75 Å². The molecule has 2 rings (SSSR count). The molecule has 1 aliphatic heterocycles. The van der Waals surface area contributed by atoms with Crippen molar-refractivity contribution in [2.24, 2.45) is 0 Å². The normalized spacial score (nSPS) is 24.1. The molecule has 0 aliphatic carbocycles. The highest BCUT2D eigenvalue weighted by Crippen LogP contribution is 2.46. The van der Waals surface area contributed by atoms with Crippen LogP contribution in [0.3, 0.4) is 0 Å². The standard InChI is InChI=1S/C8H5Cl2NO3/c9-6-4-2-1-3-5(11(12)13)7(4)14-8(6)10/h1-3,6,8H/t6-,8-/m1/s1. The molecule has 0 aromatic heterocycles. The first kappa shape index (κ1) is 9.55. The predicted molar refractivity (Wildman–Crippen MR) is 52.0 cm³/mol. The van der Waals surface area contributed by atoms with E-state index in [4.69, 9.17) is 27.9 Å². The summed E-state index contributed by atoms with van der Waals surface area (Å²) in [4.78, 5) is 10.1. The molecule has 0 amide bonds. The van der Waals surface area contributed by atoms with Crippen LogP contribution >= 0.6 is 23.2 Å².